The van der Waals surface area contributed by atoms with Gasteiger partial charge in [0.15, 0.2) is 0 Å². The lowest BCUT2D eigenvalue weighted by molar-refractivity contribution is -0.162. The van der Waals surface area contributed by atoms with E-state index in [1.54, 1.807) is 0 Å². The Morgan fingerprint density at radius 2 is 1.37 bits per heavy atom. The zero-order valence-electron chi connectivity index (χ0n) is 16.4. The molecule has 1 aliphatic carbocycles. The minimum atomic E-state index is -5.36. The fraction of sp³-hybridized carbons (Fsp3) is 0.455. The first-order chi connectivity index (χ1) is 13.9. The van der Waals surface area contributed by atoms with Crippen LogP contribution in [0.3, 0.4) is 0 Å². The van der Waals surface area contributed by atoms with E-state index in [9.17, 15) is 30.7 Å². The molecule has 0 amide bonds. The second kappa shape index (κ2) is 8.12. The first-order valence-corrected chi connectivity index (χ1v) is 9.58. The molecule has 8 heteroatoms. The highest BCUT2D eigenvalue weighted by molar-refractivity contribution is 5.72. The van der Waals surface area contributed by atoms with Gasteiger partial charge >= 0.3 is 12.4 Å². The Balaban J connectivity index is 2.14. The van der Waals surface area contributed by atoms with E-state index >= 15 is 0 Å². The fourth-order valence-corrected chi connectivity index (χ4v) is 4.15. The summed E-state index contributed by atoms with van der Waals surface area (Å²) in [5.74, 6) is -1.28. The Morgan fingerprint density at radius 3 is 1.87 bits per heavy atom. The van der Waals surface area contributed by atoms with Gasteiger partial charge in [0.25, 0.3) is 0 Å². The Bertz CT molecular complexity index is 907. The van der Waals surface area contributed by atoms with E-state index in [0.29, 0.717) is 11.5 Å². The topological polar surface area (TPSA) is 9.23 Å². The fourth-order valence-electron chi connectivity index (χ4n) is 4.15. The van der Waals surface area contributed by atoms with E-state index in [4.69, 9.17) is 0 Å². The number of hydrogen-bond donors (Lipinski definition) is 0. The molecule has 3 rings (SSSR count). The normalized spacial score (nSPS) is 20.3. The van der Waals surface area contributed by atoms with Gasteiger partial charge in [-0.25, -0.2) is 4.39 Å². The van der Waals surface area contributed by atoms with Gasteiger partial charge in [-0.1, -0.05) is 31.9 Å². The predicted molar refractivity (Wildman–Crippen MR) is 98.8 cm³/mol. The summed E-state index contributed by atoms with van der Waals surface area (Å²) in [5.41, 5.74) is -4.64. The molecule has 0 heterocycles. The highest BCUT2D eigenvalue weighted by Gasteiger charge is 2.47. The van der Waals surface area contributed by atoms with Gasteiger partial charge in [-0.2, -0.15) is 26.3 Å². The van der Waals surface area contributed by atoms with Gasteiger partial charge in [0.1, 0.15) is 17.1 Å². The molecule has 1 saturated carbocycles. The molecule has 1 aliphatic rings. The SMILES string of the molecule is COc1ccc(-c2ccc(C3CCC(C)CC3)cc2F)c(C(F)(F)F)c1C(F)(F)F. The maximum absolute atomic E-state index is 14.9. The Labute approximate surface area is 169 Å². The van der Waals surface area contributed by atoms with Gasteiger partial charge < -0.3 is 4.74 Å². The number of methoxy groups -OCH3 is 1. The monoisotopic (exact) mass is 434 g/mol. The zero-order valence-corrected chi connectivity index (χ0v) is 16.4. The minimum absolute atomic E-state index is 0.0911. The van der Waals surface area contributed by atoms with Crippen LogP contribution in [-0.2, 0) is 12.4 Å². The summed E-state index contributed by atoms with van der Waals surface area (Å²) in [6.07, 6.45) is -7.07. The van der Waals surface area contributed by atoms with Crippen molar-refractivity contribution in [2.24, 2.45) is 5.92 Å². The maximum Gasteiger partial charge on any atom is 0.420 e. The van der Waals surface area contributed by atoms with Crippen molar-refractivity contribution < 1.29 is 35.5 Å². The standard InChI is InChI=1S/C22H21F7O/c1-12-3-5-13(6-4-12)14-7-8-15(17(23)11-14)16-9-10-18(30-2)20(22(27,28)29)19(16)21(24,25)26/h7-13H,3-6H2,1-2H3. The summed E-state index contributed by atoms with van der Waals surface area (Å²) in [7, 11) is 0.852. The molecule has 1 nitrogen and oxygen atoms in total. The van der Waals surface area contributed by atoms with Crippen LogP contribution >= 0.6 is 0 Å². The molecule has 0 spiro atoms. The Hall–Kier alpha value is -2.25. The van der Waals surface area contributed by atoms with Crippen molar-refractivity contribution in [3.63, 3.8) is 0 Å². The van der Waals surface area contributed by atoms with Crippen molar-refractivity contribution in [1.82, 2.24) is 0 Å². The average Bonchev–Trinajstić information content (AvgIpc) is 2.66. The number of benzene rings is 2. The van der Waals surface area contributed by atoms with Gasteiger partial charge in [0.2, 0.25) is 0 Å². The molecule has 164 valence electrons. The Morgan fingerprint density at radius 1 is 0.800 bits per heavy atom. The van der Waals surface area contributed by atoms with E-state index in [0.717, 1.165) is 57.1 Å². The van der Waals surface area contributed by atoms with Crippen LogP contribution in [0.15, 0.2) is 30.3 Å². The molecule has 0 aromatic heterocycles. The molecule has 0 unspecified atom stereocenters. The van der Waals surface area contributed by atoms with Crippen LogP contribution in [0, 0.1) is 11.7 Å². The van der Waals surface area contributed by atoms with Gasteiger partial charge in [0, 0.05) is 5.56 Å². The number of hydrogen-bond acceptors (Lipinski definition) is 1. The summed E-state index contributed by atoms with van der Waals surface area (Å²) in [4.78, 5) is 0. The quantitative estimate of drug-likeness (QED) is 0.447. The van der Waals surface area contributed by atoms with Crippen LogP contribution in [0.4, 0.5) is 30.7 Å². The molecule has 0 N–H and O–H groups in total. The molecule has 2 aromatic carbocycles. The first kappa shape index (κ1) is 22.4. The maximum atomic E-state index is 14.9. The van der Waals surface area contributed by atoms with Gasteiger partial charge in [-0.05, 0) is 54.0 Å². The van der Waals surface area contributed by atoms with Crippen LogP contribution in [0.2, 0.25) is 0 Å². The number of ether oxygens (including phenoxy) is 1. The van der Waals surface area contributed by atoms with E-state index in [2.05, 4.69) is 11.7 Å². The highest BCUT2D eigenvalue weighted by atomic mass is 19.4. The van der Waals surface area contributed by atoms with E-state index in [1.165, 1.54) is 6.07 Å². The van der Waals surface area contributed by atoms with Gasteiger partial charge in [-0.3, -0.25) is 0 Å². The molecule has 2 aromatic rings. The van der Waals surface area contributed by atoms with E-state index in [-0.39, 0.29) is 5.92 Å². The van der Waals surface area contributed by atoms with Gasteiger partial charge in [-0.15, -0.1) is 0 Å². The summed E-state index contributed by atoms with van der Waals surface area (Å²) in [6.45, 7) is 2.13. The number of halogens is 7. The van der Waals surface area contributed by atoms with E-state index in [1.807, 2.05) is 0 Å². The largest absolute Gasteiger partial charge is 0.496 e. The van der Waals surface area contributed by atoms with Gasteiger partial charge in [0.05, 0.1) is 12.7 Å². The smallest absolute Gasteiger partial charge is 0.420 e. The van der Waals surface area contributed by atoms with Crippen LogP contribution in [0.25, 0.3) is 11.1 Å². The van der Waals surface area contributed by atoms with Crippen LogP contribution in [-0.4, -0.2) is 7.11 Å². The highest BCUT2D eigenvalue weighted by Crippen LogP contribution is 2.49. The summed E-state index contributed by atoms with van der Waals surface area (Å²) in [6, 6.07) is 5.39. The van der Waals surface area contributed by atoms with Crippen LogP contribution in [0.5, 0.6) is 5.75 Å². The second-order valence-corrected chi connectivity index (χ2v) is 7.76. The van der Waals surface area contributed by atoms with Crippen molar-refractivity contribution in [3.8, 4) is 16.9 Å². The van der Waals surface area contributed by atoms with Crippen molar-refractivity contribution in [2.75, 3.05) is 7.11 Å². The van der Waals surface area contributed by atoms with Crippen molar-refractivity contribution in [2.45, 2.75) is 50.9 Å². The van der Waals surface area contributed by atoms with Crippen molar-refractivity contribution >= 4 is 0 Å². The molecule has 0 radical (unpaired) electrons. The molecule has 1 fully saturated rings. The average molecular weight is 434 g/mol. The summed E-state index contributed by atoms with van der Waals surface area (Å²) >= 11 is 0. The van der Waals surface area contributed by atoms with E-state index < -0.39 is 46.2 Å². The molecule has 0 bridgehead atoms. The van der Waals surface area contributed by atoms with Crippen LogP contribution < -0.4 is 4.74 Å². The van der Waals surface area contributed by atoms with Crippen LogP contribution in [0.1, 0.15) is 55.2 Å². The third kappa shape index (κ3) is 4.42. The number of alkyl halides is 6. The zero-order chi connectivity index (χ0) is 22.3. The molecular formula is C22H21F7O. The van der Waals surface area contributed by atoms with Crippen molar-refractivity contribution in [3.05, 3.63) is 52.8 Å². The second-order valence-electron chi connectivity index (χ2n) is 7.76. The molecular weight excluding hydrogens is 413 g/mol. The third-order valence-electron chi connectivity index (χ3n) is 5.72. The predicted octanol–water partition coefficient (Wildman–Crippen LogP) is 7.83. The molecule has 30 heavy (non-hydrogen) atoms. The lowest BCUT2D eigenvalue weighted by Crippen LogP contribution is -2.19. The molecule has 0 atom stereocenters. The summed E-state index contributed by atoms with van der Waals surface area (Å²) < 4.78 is 101. The summed E-state index contributed by atoms with van der Waals surface area (Å²) in [5, 5.41) is 0. The lowest BCUT2D eigenvalue weighted by atomic mass is 9.79. The minimum Gasteiger partial charge on any atom is -0.496 e. The molecule has 0 aliphatic heterocycles. The number of rotatable bonds is 3. The lowest BCUT2D eigenvalue weighted by Gasteiger charge is -2.27. The third-order valence-corrected chi connectivity index (χ3v) is 5.72. The molecule has 0 saturated heterocycles. The Kier molecular flexibility index (Phi) is 6.07. The first-order valence-electron chi connectivity index (χ1n) is 9.58. The van der Waals surface area contributed by atoms with Crippen molar-refractivity contribution in [1.29, 1.82) is 0 Å².